The first-order valence-corrected chi connectivity index (χ1v) is 9.00. The van der Waals surface area contributed by atoms with Gasteiger partial charge in [0.15, 0.2) is 0 Å². The monoisotopic (exact) mass is 350 g/mol. The third kappa shape index (κ3) is 3.67. The molecule has 1 saturated heterocycles. The summed E-state index contributed by atoms with van der Waals surface area (Å²) in [6.45, 7) is 1.97. The van der Waals surface area contributed by atoms with Gasteiger partial charge in [-0.2, -0.15) is 0 Å². The molecule has 0 spiro atoms. The van der Waals surface area contributed by atoms with Crippen molar-refractivity contribution < 1.29 is 18.4 Å². The van der Waals surface area contributed by atoms with Gasteiger partial charge in [-0.05, 0) is 31.7 Å². The highest BCUT2D eigenvalue weighted by molar-refractivity contribution is 5.87. The van der Waals surface area contributed by atoms with Crippen LogP contribution in [0.25, 0.3) is 0 Å². The number of amides is 2. The van der Waals surface area contributed by atoms with Crippen molar-refractivity contribution in [3.8, 4) is 0 Å². The van der Waals surface area contributed by atoms with Crippen molar-refractivity contribution in [1.82, 2.24) is 10.6 Å². The number of carbonyl (C=O) groups is 2. The maximum absolute atomic E-state index is 14.4. The van der Waals surface area contributed by atoms with E-state index in [1.165, 1.54) is 12.1 Å². The summed E-state index contributed by atoms with van der Waals surface area (Å²) in [6.07, 6.45) is 4.52. The van der Waals surface area contributed by atoms with E-state index in [0.717, 1.165) is 25.3 Å². The molecule has 2 amide bonds. The van der Waals surface area contributed by atoms with Crippen LogP contribution in [0.3, 0.4) is 0 Å². The number of carbonyl (C=O) groups excluding carboxylic acids is 2. The molecule has 1 aromatic rings. The second-order valence-corrected chi connectivity index (χ2v) is 7.21. The van der Waals surface area contributed by atoms with Crippen LogP contribution in [0.5, 0.6) is 0 Å². The van der Waals surface area contributed by atoms with Crippen molar-refractivity contribution in [2.45, 2.75) is 63.5 Å². The largest absolute Gasteiger partial charge is 0.353 e. The first-order valence-electron chi connectivity index (χ1n) is 9.00. The normalized spacial score (nSPS) is 25.5. The average molecular weight is 350 g/mol. The fourth-order valence-electron chi connectivity index (χ4n) is 4.12. The van der Waals surface area contributed by atoms with Crippen molar-refractivity contribution in [2.75, 3.05) is 0 Å². The zero-order valence-corrected chi connectivity index (χ0v) is 14.4. The van der Waals surface area contributed by atoms with Crippen molar-refractivity contribution in [3.63, 3.8) is 0 Å². The van der Waals surface area contributed by atoms with Crippen LogP contribution in [0.15, 0.2) is 18.2 Å². The Balaban J connectivity index is 1.82. The minimum absolute atomic E-state index is 0.000847. The second-order valence-electron chi connectivity index (χ2n) is 7.21. The Kier molecular flexibility index (Phi) is 5.06. The number of halogens is 2. The molecule has 4 nitrogen and oxygen atoms in total. The molecule has 0 unspecified atom stereocenters. The molecule has 0 bridgehead atoms. The topological polar surface area (TPSA) is 58.2 Å². The second kappa shape index (κ2) is 7.10. The van der Waals surface area contributed by atoms with Gasteiger partial charge in [-0.25, -0.2) is 8.78 Å². The summed E-state index contributed by atoms with van der Waals surface area (Å²) in [5.74, 6) is -1.99. The number of nitrogens with one attached hydrogen (secondary N) is 2. The molecule has 6 heteroatoms. The van der Waals surface area contributed by atoms with E-state index in [1.807, 2.05) is 6.92 Å². The molecule has 1 aliphatic heterocycles. The molecular formula is C19H24F2N2O2. The summed E-state index contributed by atoms with van der Waals surface area (Å²) in [5, 5.41) is 5.90. The van der Waals surface area contributed by atoms with Gasteiger partial charge in [-0.3, -0.25) is 9.59 Å². The molecule has 1 saturated carbocycles. The molecule has 2 atom stereocenters. The third-order valence-corrected chi connectivity index (χ3v) is 5.50. The van der Waals surface area contributed by atoms with Gasteiger partial charge in [-0.15, -0.1) is 0 Å². The van der Waals surface area contributed by atoms with Crippen LogP contribution in [-0.2, 0) is 15.1 Å². The lowest BCUT2D eigenvalue weighted by molar-refractivity contribution is -0.134. The van der Waals surface area contributed by atoms with Gasteiger partial charge in [0.2, 0.25) is 11.8 Å². The fraction of sp³-hybridized carbons (Fsp3) is 0.579. The molecular weight excluding hydrogens is 326 g/mol. The molecule has 1 aromatic carbocycles. The number of rotatable bonds is 4. The zero-order valence-electron chi connectivity index (χ0n) is 14.4. The van der Waals surface area contributed by atoms with Crippen LogP contribution < -0.4 is 10.6 Å². The number of piperidine rings is 1. The molecule has 0 aromatic heterocycles. The minimum atomic E-state index is -0.801. The van der Waals surface area contributed by atoms with E-state index < -0.39 is 23.1 Å². The van der Waals surface area contributed by atoms with Crippen LogP contribution in [-0.4, -0.2) is 17.9 Å². The first-order chi connectivity index (χ1) is 11.9. The Labute approximate surface area is 146 Å². The Morgan fingerprint density at radius 2 is 2.04 bits per heavy atom. The lowest BCUT2D eigenvalue weighted by Crippen LogP contribution is -2.51. The predicted molar refractivity (Wildman–Crippen MR) is 89.6 cm³/mol. The summed E-state index contributed by atoms with van der Waals surface area (Å²) in [6, 6.07) is 3.52. The summed E-state index contributed by atoms with van der Waals surface area (Å²) in [4.78, 5) is 24.7. The molecule has 1 aliphatic carbocycles. The SMILES string of the molecule is CC[C@@H]1C[C@H](C(=O)NC2(c3ccc(F)cc3F)CCCC2)CC(=O)N1. The van der Waals surface area contributed by atoms with Crippen molar-refractivity contribution in [3.05, 3.63) is 35.4 Å². The number of benzene rings is 1. The van der Waals surface area contributed by atoms with Gasteiger partial charge in [0.25, 0.3) is 0 Å². The molecule has 136 valence electrons. The van der Waals surface area contributed by atoms with E-state index in [-0.39, 0.29) is 24.3 Å². The highest BCUT2D eigenvalue weighted by Crippen LogP contribution is 2.40. The quantitative estimate of drug-likeness (QED) is 0.876. The zero-order chi connectivity index (χ0) is 18.0. The highest BCUT2D eigenvalue weighted by atomic mass is 19.1. The van der Waals surface area contributed by atoms with Crippen LogP contribution in [0.2, 0.25) is 0 Å². The Morgan fingerprint density at radius 1 is 1.32 bits per heavy atom. The van der Waals surface area contributed by atoms with Crippen LogP contribution in [0, 0.1) is 17.6 Å². The van der Waals surface area contributed by atoms with Gasteiger partial charge in [0, 0.05) is 30.0 Å². The molecule has 1 heterocycles. The van der Waals surface area contributed by atoms with Gasteiger partial charge < -0.3 is 10.6 Å². The van der Waals surface area contributed by atoms with Crippen molar-refractivity contribution in [1.29, 1.82) is 0 Å². The van der Waals surface area contributed by atoms with Crippen molar-refractivity contribution >= 4 is 11.8 Å². The van der Waals surface area contributed by atoms with Gasteiger partial charge >= 0.3 is 0 Å². The number of hydrogen-bond acceptors (Lipinski definition) is 2. The first kappa shape index (κ1) is 17.8. The molecule has 25 heavy (non-hydrogen) atoms. The fourth-order valence-corrected chi connectivity index (χ4v) is 4.12. The van der Waals surface area contributed by atoms with E-state index in [9.17, 15) is 18.4 Å². The average Bonchev–Trinajstić information content (AvgIpc) is 3.03. The maximum atomic E-state index is 14.4. The number of hydrogen-bond donors (Lipinski definition) is 2. The Hall–Kier alpha value is -1.98. The van der Waals surface area contributed by atoms with Crippen molar-refractivity contribution in [2.24, 2.45) is 5.92 Å². The smallest absolute Gasteiger partial charge is 0.224 e. The van der Waals surface area contributed by atoms with E-state index in [1.54, 1.807) is 0 Å². The highest BCUT2D eigenvalue weighted by Gasteiger charge is 2.41. The molecule has 2 aliphatic rings. The lowest BCUT2D eigenvalue weighted by atomic mass is 9.85. The minimum Gasteiger partial charge on any atom is -0.353 e. The summed E-state index contributed by atoms with van der Waals surface area (Å²) < 4.78 is 27.6. The molecule has 3 rings (SSSR count). The lowest BCUT2D eigenvalue weighted by Gasteiger charge is -2.35. The van der Waals surface area contributed by atoms with Gasteiger partial charge in [-0.1, -0.05) is 25.8 Å². The van der Waals surface area contributed by atoms with Crippen LogP contribution >= 0.6 is 0 Å². The Bertz CT molecular complexity index is 671. The predicted octanol–water partition coefficient (Wildman–Crippen LogP) is 3.16. The standard InChI is InChI=1S/C19H24F2N2O2/c1-2-14-9-12(10-17(24)22-14)18(25)23-19(7-3-4-8-19)15-6-5-13(20)11-16(15)21/h5-6,11-12,14H,2-4,7-10H2,1H3,(H,22,24)(H,23,25)/t12-,14+/m0/s1. The molecule has 2 fully saturated rings. The molecule has 2 N–H and O–H groups in total. The van der Waals surface area contributed by atoms with E-state index in [2.05, 4.69) is 10.6 Å². The van der Waals surface area contributed by atoms with E-state index >= 15 is 0 Å². The summed E-state index contributed by atoms with van der Waals surface area (Å²) >= 11 is 0. The van der Waals surface area contributed by atoms with E-state index in [4.69, 9.17) is 0 Å². The maximum Gasteiger partial charge on any atom is 0.224 e. The van der Waals surface area contributed by atoms with Crippen LogP contribution in [0.1, 0.15) is 57.4 Å². The van der Waals surface area contributed by atoms with E-state index in [0.29, 0.717) is 24.8 Å². The van der Waals surface area contributed by atoms with Gasteiger partial charge in [0.05, 0.1) is 5.54 Å². The third-order valence-electron chi connectivity index (χ3n) is 5.50. The summed E-state index contributed by atoms with van der Waals surface area (Å²) in [5.41, 5.74) is -0.461. The molecule has 0 radical (unpaired) electrons. The van der Waals surface area contributed by atoms with Gasteiger partial charge in [0.1, 0.15) is 11.6 Å². The van der Waals surface area contributed by atoms with Crippen LogP contribution in [0.4, 0.5) is 8.78 Å². The Morgan fingerprint density at radius 3 is 2.68 bits per heavy atom. The summed E-state index contributed by atoms with van der Waals surface area (Å²) in [7, 11) is 0.